The number of allylic oxidation sites excluding steroid dienone is 2. The second-order valence-corrected chi connectivity index (χ2v) is 4.31. The first-order valence-corrected chi connectivity index (χ1v) is 5.50. The predicted octanol–water partition coefficient (Wildman–Crippen LogP) is 1.92. The SMILES string of the molecule is CC1=C2CCCC2CC/C1=N/NC(N)=O. The van der Waals surface area contributed by atoms with Crippen molar-refractivity contribution in [2.45, 2.75) is 39.0 Å². The molecular formula is C11H17N3O. The highest BCUT2D eigenvalue weighted by Crippen LogP contribution is 2.40. The van der Waals surface area contributed by atoms with Crippen LogP contribution in [-0.4, -0.2) is 11.7 Å². The topological polar surface area (TPSA) is 67.5 Å². The van der Waals surface area contributed by atoms with E-state index in [0.717, 1.165) is 18.1 Å². The van der Waals surface area contributed by atoms with Gasteiger partial charge in [0.25, 0.3) is 0 Å². The van der Waals surface area contributed by atoms with Gasteiger partial charge < -0.3 is 5.73 Å². The van der Waals surface area contributed by atoms with E-state index >= 15 is 0 Å². The van der Waals surface area contributed by atoms with E-state index in [1.807, 2.05) is 0 Å². The highest BCUT2D eigenvalue weighted by Gasteiger charge is 2.28. The smallest absolute Gasteiger partial charge is 0.332 e. The average molecular weight is 207 g/mol. The van der Waals surface area contributed by atoms with E-state index in [2.05, 4.69) is 17.5 Å². The molecule has 1 unspecified atom stereocenters. The molecule has 82 valence electrons. The normalized spacial score (nSPS) is 28.1. The minimum atomic E-state index is -0.589. The molecule has 4 nitrogen and oxygen atoms in total. The van der Waals surface area contributed by atoms with Crippen molar-refractivity contribution in [1.82, 2.24) is 5.43 Å². The van der Waals surface area contributed by atoms with Crippen molar-refractivity contribution in [3.05, 3.63) is 11.1 Å². The van der Waals surface area contributed by atoms with Crippen molar-refractivity contribution < 1.29 is 4.79 Å². The first-order chi connectivity index (χ1) is 7.18. The number of carbonyl (C=O) groups is 1. The fourth-order valence-electron chi connectivity index (χ4n) is 2.68. The number of fused-ring (bicyclic) bond motifs is 1. The van der Waals surface area contributed by atoms with Crippen LogP contribution in [0.2, 0.25) is 0 Å². The Hall–Kier alpha value is -1.32. The lowest BCUT2D eigenvalue weighted by molar-refractivity contribution is 0.249. The molecule has 0 saturated heterocycles. The van der Waals surface area contributed by atoms with Crippen molar-refractivity contribution in [3.8, 4) is 0 Å². The number of hydrogen-bond donors (Lipinski definition) is 2. The fourth-order valence-corrected chi connectivity index (χ4v) is 2.68. The van der Waals surface area contributed by atoms with Gasteiger partial charge in [-0.2, -0.15) is 5.10 Å². The molecule has 1 saturated carbocycles. The van der Waals surface area contributed by atoms with E-state index in [1.165, 1.54) is 31.3 Å². The maximum absolute atomic E-state index is 10.6. The molecule has 0 aliphatic heterocycles. The first kappa shape index (κ1) is 10.2. The van der Waals surface area contributed by atoms with Crippen molar-refractivity contribution in [2.24, 2.45) is 16.8 Å². The molecule has 1 fully saturated rings. The molecule has 2 aliphatic carbocycles. The van der Waals surface area contributed by atoms with Crippen LogP contribution in [0.15, 0.2) is 16.2 Å². The number of hydrogen-bond acceptors (Lipinski definition) is 2. The second-order valence-electron chi connectivity index (χ2n) is 4.31. The van der Waals surface area contributed by atoms with Crippen molar-refractivity contribution in [3.63, 3.8) is 0 Å². The van der Waals surface area contributed by atoms with Gasteiger partial charge in [-0.1, -0.05) is 5.57 Å². The van der Waals surface area contributed by atoms with Gasteiger partial charge in [0, 0.05) is 0 Å². The fraction of sp³-hybridized carbons (Fsp3) is 0.636. The number of amides is 2. The zero-order valence-corrected chi connectivity index (χ0v) is 9.05. The number of nitrogens with two attached hydrogens (primary N) is 1. The number of primary amides is 1. The van der Waals surface area contributed by atoms with Gasteiger partial charge in [0.1, 0.15) is 0 Å². The lowest BCUT2D eigenvalue weighted by Gasteiger charge is -2.22. The molecule has 0 aromatic carbocycles. The van der Waals surface area contributed by atoms with Gasteiger partial charge in [-0.05, 0) is 50.5 Å². The third-order valence-electron chi connectivity index (χ3n) is 3.44. The van der Waals surface area contributed by atoms with Gasteiger partial charge in [0.2, 0.25) is 0 Å². The third-order valence-corrected chi connectivity index (χ3v) is 3.44. The Kier molecular flexibility index (Phi) is 2.75. The first-order valence-electron chi connectivity index (χ1n) is 5.50. The molecule has 1 atom stereocenters. The maximum atomic E-state index is 10.6. The molecule has 2 aliphatic rings. The average Bonchev–Trinajstić information content (AvgIpc) is 2.65. The maximum Gasteiger partial charge on any atom is 0.332 e. The van der Waals surface area contributed by atoms with Gasteiger partial charge in [0.05, 0.1) is 5.71 Å². The number of urea groups is 1. The molecular weight excluding hydrogens is 190 g/mol. The molecule has 0 radical (unpaired) electrons. The molecule has 4 heteroatoms. The van der Waals surface area contributed by atoms with Crippen molar-refractivity contribution >= 4 is 11.7 Å². The number of hydrazone groups is 1. The Balaban J connectivity index is 2.18. The van der Waals surface area contributed by atoms with Crippen molar-refractivity contribution in [1.29, 1.82) is 0 Å². The van der Waals surface area contributed by atoms with Gasteiger partial charge in [-0.15, -0.1) is 0 Å². The lowest BCUT2D eigenvalue weighted by Crippen LogP contribution is -2.27. The monoisotopic (exact) mass is 207 g/mol. The van der Waals surface area contributed by atoms with E-state index in [9.17, 15) is 4.79 Å². The molecule has 15 heavy (non-hydrogen) atoms. The van der Waals surface area contributed by atoms with Gasteiger partial charge >= 0.3 is 6.03 Å². The van der Waals surface area contributed by atoms with E-state index in [4.69, 9.17) is 5.73 Å². The summed E-state index contributed by atoms with van der Waals surface area (Å²) in [5, 5.41) is 4.06. The molecule has 2 amide bonds. The number of nitrogens with one attached hydrogen (secondary N) is 1. The summed E-state index contributed by atoms with van der Waals surface area (Å²) in [5.41, 5.74) is 11.1. The summed E-state index contributed by atoms with van der Waals surface area (Å²) in [6, 6.07) is -0.589. The molecule has 3 N–H and O–H groups in total. The molecule has 2 rings (SSSR count). The summed E-state index contributed by atoms with van der Waals surface area (Å²) in [6.07, 6.45) is 5.95. The van der Waals surface area contributed by atoms with Gasteiger partial charge in [0.15, 0.2) is 0 Å². The highest BCUT2D eigenvalue weighted by molar-refractivity contribution is 6.01. The molecule has 0 bridgehead atoms. The summed E-state index contributed by atoms with van der Waals surface area (Å²) >= 11 is 0. The van der Waals surface area contributed by atoms with Crippen LogP contribution < -0.4 is 11.2 Å². The van der Waals surface area contributed by atoms with E-state index < -0.39 is 6.03 Å². The summed E-state index contributed by atoms with van der Waals surface area (Å²) in [4.78, 5) is 10.6. The van der Waals surface area contributed by atoms with Crippen LogP contribution in [0, 0.1) is 5.92 Å². The summed E-state index contributed by atoms with van der Waals surface area (Å²) in [7, 11) is 0. The van der Waals surface area contributed by atoms with Gasteiger partial charge in [-0.3, -0.25) is 0 Å². The Morgan fingerprint density at radius 3 is 3.00 bits per heavy atom. The summed E-state index contributed by atoms with van der Waals surface area (Å²) in [6.45, 7) is 2.11. The summed E-state index contributed by atoms with van der Waals surface area (Å²) < 4.78 is 0. The standard InChI is InChI=1S/C11H17N3O/c1-7-9-4-2-3-8(9)5-6-10(7)13-14-11(12)15/h8H,2-6H2,1H3,(H3,12,14,15)/b13-10-. The van der Waals surface area contributed by atoms with E-state index in [1.54, 1.807) is 5.57 Å². The minimum absolute atomic E-state index is 0.589. The van der Waals surface area contributed by atoms with E-state index in [0.29, 0.717) is 0 Å². The van der Waals surface area contributed by atoms with Crippen LogP contribution in [0.3, 0.4) is 0 Å². The molecule has 0 spiro atoms. The minimum Gasteiger partial charge on any atom is -0.350 e. The summed E-state index contributed by atoms with van der Waals surface area (Å²) in [5.74, 6) is 0.775. The van der Waals surface area contributed by atoms with E-state index in [-0.39, 0.29) is 0 Å². The highest BCUT2D eigenvalue weighted by atomic mass is 16.2. The zero-order chi connectivity index (χ0) is 10.8. The lowest BCUT2D eigenvalue weighted by atomic mass is 9.84. The largest absolute Gasteiger partial charge is 0.350 e. The van der Waals surface area contributed by atoms with Crippen LogP contribution in [0.4, 0.5) is 4.79 Å². The van der Waals surface area contributed by atoms with Crippen LogP contribution >= 0.6 is 0 Å². The Morgan fingerprint density at radius 1 is 1.47 bits per heavy atom. The van der Waals surface area contributed by atoms with Crippen LogP contribution in [-0.2, 0) is 0 Å². The van der Waals surface area contributed by atoms with Crippen LogP contribution in [0.1, 0.15) is 39.0 Å². The third kappa shape index (κ3) is 2.03. The molecule has 0 aromatic heterocycles. The predicted molar refractivity (Wildman–Crippen MR) is 59.4 cm³/mol. The Labute approximate surface area is 89.6 Å². The number of carbonyl (C=O) groups excluding carboxylic acids is 1. The molecule has 0 heterocycles. The van der Waals surface area contributed by atoms with Crippen molar-refractivity contribution in [2.75, 3.05) is 0 Å². The molecule has 0 aromatic rings. The number of nitrogens with zero attached hydrogens (tertiary/aromatic N) is 1. The Bertz CT molecular complexity index is 344. The van der Waals surface area contributed by atoms with Crippen LogP contribution in [0.5, 0.6) is 0 Å². The Morgan fingerprint density at radius 2 is 2.27 bits per heavy atom. The van der Waals surface area contributed by atoms with Crippen LogP contribution in [0.25, 0.3) is 0 Å². The zero-order valence-electron chi connectivity index (χ0n) is 9.05. The van der Waals surface area contributed by atoms with Gasteiger partial charge in [-0.25, -0.2) is 10.2 Å². The quantitative estimate of drug-likeness (QED) is 0.634. The second kappa shape index (κ2) is 4.04. The number of rotatable bonds is 1.